The van der Waals surface area contributed by atoms with Gasteiger partial charge in [-0.3, -0.25) is 9.36 Å². The molecule has 0 aliphatic carbocycles. The van der Waals surface area contributed by atoms with Crippen LogP contribution in [0.15, 0.2) is 36.4 Å². The van der Waals surface area contributed by atoms with E-state index < -0.39 is 12.2 Å². The second-order valence-electron chi connectivity index (χ2n) is 7.62. The summed E-state index contributed by atoms with van der Waals surface area (Å²) in [6, 6.07) is 11.1. The molecule has 2 aromatic heterocycles. The summed E-state index contributed by atoms with van der Waals surface area (Å²) in [6.45, 7) is 8.87. The number of aromatic nitrogens is 4. The molecule has 3 rings (SSSR count). The first-order valence-corrected chi connectivity index (χ1v) is 10.0. The lowest BCUT2D eigenvalue weighted by Gasteiger charge is -2.15. The number of benzene rings is 1. The molecule has 0 radical (unpaired) electrons. The summed E-state index contributed by atoms with van der Waals surface area (Å²) in [5, 5.41) is 29.1. The quantitative estimate of drug-likeness (QED) is 0.528. The standard InChI is InChI=1S/C22H30N4O4/c1-15-9-17(3)25(23-15)11-19(27)13-29-21-5-7-22(8-6-21)30-14-20(28)12-26-18(4)10-16(2)24-26/h5-10,19-20,27-28H,11-14H2,1-4H3. The van der Waals surface area contributed by atoms with E-state index in [2.05, 4.69) is 10.2 Å². The van der Waals surface area contributed by atoms with Crippen molar-refractivity contribution in [2.45, 2.75) is 53.0 Å². The summed E-state index contributed by atoms with van der Waals surface area (Å²) in [7, 11) is 0. The molecule has 0 aliphatic heterocycles. The molecule has 0 spiro atoms. The summed E-state index contributed by atoms with van der Waals surface area (Å²) in [4.78, 5) is 0. The van der Waals surface area contributed by atoms with Gasteiger partial charge in [-0.2, -0.15) is 10.2 Å². The smallest absolute Gasteiger partial charge is 0.119 e. The van der Waals surface area contributed by atoms with Gasteiger partial charge in [-0.25, -0.2) is 0 Å². The Hall–Kier alpha value is -2.84. The molecule has 0 aliphatic rings. The van der Waals surface area contributed by atoms with Gasteiger partial charge in [0.05, 0.1) is 24.5 Å². The van der Waals surface area contributed by atoms with Crippen LogP contribution in [0.2, 0.25) is 0 Å². The number of hydrogen-bond acceptors (Lipinski definition) is 6. The first-order chi connectivity index (χ1) is 14.3. The van der Waals surface area contributed by atoms with Gasteiger partial charge < -0.3 is 19.7 Å². The molecule has 30 heavy (non-hydrogen) atoms. The maximum atomic E-state index is 10.2. The molecule has 0 amide bonds. The van der Waals surface area contributed by atoms with E-state index in [1.54, 1.807) is 33.6 Å². The van der Waals surface area contributed by atoms with Crippen LogP contribution in [0.25, 0.3) is 0 Å². The molecule has 1 aromatic carbocycles. The molecular formula is C22H30N4O4. The lowest BCUT2D eigenvalue weighted by atomic mass is 10.3. The van der Waals surface area contributed by atoms with Gasteiger partial charge in [0.2, 0.25) is 0 Å². The first kappa shape index (κ1) is 21.9. The molecule has 3 aromatic rings. The van der Waals surface area contributed by atoms with E-state index in [1.807, 2.05) is 39.8 Å². The van der Waals surface area contributed by atoms with Crippen molar-refractivity contribution < 1.29 is 19.7 Å². The number of aliphatic hydroxyl groups is 2. The Kier molecular flexibility index (Phi) is 7.12. The van der Waals surface area contributed by atoms with Crippen molar-refractivity contribution in [3.05, 3.63) is 59.2 Å². The lowest BCUT2D eigenvalue weighted by Crippen LogP contribution is -2.25. The molecule has 2 atom stereocenters. The number of rotatable bonds is 10. The Morgan fingerprint density at radius 1 is 0.733 bits per heavy atom. The third-order valence-electron chi connectivity index (χ3n) is 4.68. The summed E-state index contributed by atoms with van der Waals surface area (Å²) in [5.74, 6) is 1.27. The van der Waals surface area contributed by atoms with Crippen LogP contribution in [-0.2, 0) is 13.1 Å². The third-order valence-corrected chi connectivity index (χ3v) is 4.68. The molecule has 0 saturated heterocycles. The van der Waals surface area contributed by atoms with Crippen molar-refractivity contribution in [3.63, 3.8) is 0 Å². The highest BCUT2D eigenvalue weighted by Crippen LogP contribution is 2.18. The average molecular weight is 415 g/mol. The van der Waals surface area contributed by atoms with Crippen molar-refractivity contribution in [2.75, 3.05) is 13.2 Å². The zero-order valence-corrected chi connectivity index (χ0v) is 17.9. The highest BCUT2D eigenvalue weighted by Gasteiger charge is 2.11. The largest absolute Gasteiger partial charge is 0.491 e. The molecule has 8 heteroatoms. The monoisotopic (exact) mass is 414 g/mol. The molecule has 2 unspecified atom stereocenters. The van der Waals surface area contributed by atoms with E-state index in [-0.39, 0.29) is 13.2 Å². The van der Waals surface area contributed by atoms with Crippen molar-refractivity contribution in [2.24, 2.45) is 0 Å². The van der Waals surface area contributed by atoms with Crippen molar-refractivity contribution in [1.29, 1.82) is 0 Å². The van der Waals surface area contributed by atoms with Gasteiger partial charge >= 0.3 is 0 Å². The second-order valence-corrected chi connectivity index (χ2v) is 7.62. The molecular weight excluding hydrogens is 384 g/mol. The number of hydrogen-bond donors (Lipinski definition) is 2. The van der Waals surface area contributed by atoms with Crippen LogP contribution in [0.4, 0.5) is 0 Å². The lowest BCUT2D eigenvalue weighted by molar-refractivity contribution is 0.0869. The Labute approximate surface area is 176 Å². The number of ether oxygens (including phenoxy) is 2. The van der Waals surface area contributed by atoms with Crippen LogP contribution < -0.4 is 9.47 Å². The zero-order chi connectivity index (χ0) is 21.7. The van der Waals surface area contributed by atoms with Crippen molar-refractivity contribution in [3.8, 4) is 11.5 Å². The fraction of sp³-hybridized carbons (Fsp3) is 0.455. The molecule has 0 bridgehead atoms. The van der Waals surface area contributed by atoms with Gasteiger partial charge in [0.25, 0.3) is 0 Å². The molecule has 8 nitrogen and oxygen atoms in total. The summed E-state index contributed by atoms with van der Waals surface area (Å²) >= 11 is 0. The van der Waals surface area contributed by atoms with Crippen molar-refractivity contribution in [1.82, 2.24) is 19.6 Å². The minimum absolute atomic E-state index is 0.167. The number of nitrogens with zero attached hydrogens (tertiary/aromatic N) is 4. The van der Waals surface area contributed by atoms with E-state index in [4.69, 9.17) is 9.47 Å². The van der Waals surface area contributed by atoms with Crippen LogP contribution >= 0.6 is 0 Å². The van der Waals surface area contributed by atoms with Crippen LogP contribution in [0.3, 0.4) is 0 Å². The van der Waals surface area contributed by atoms with Crippen LogP contribution in [0.1, 0.15) is 22.8 Å². The van der Waals surface area contributed by atoms with E-state index in [0.717, 1.165) is 22.8 Å². The zero-order valence-electron chi connectivity index (χ0n) is 17.9. The predicted octanol–water partition coefficient (Wildman–Crippen LogP) is 2.19. The summed E-state index contributed by atoms with van der Waals surface area (Å²) in [6.07, 6.45) is -1.33. The van der Waals surface area contributed by atoms with Crippen LogP contribution in [0.5, 0.6) is 11.5 Å². The van der Waals surface area contributed by atoms with Gasteiger partial charge in [-0.15, -0.1) is 0 Å². The maximum absolute atomic E-state index is 10.2. The Morgan fingerprint density at radius 3 is 1.40 bits per heavy atom. The fourth-order valence-corrected chi connectivity index (χ4v) is 3.24. The Morgan fingerprint density at radius 2 is 1.10 bits per heavy atom. The first-order valence-electron chi connectivity index (χ1n) is 10.0. The summed E-state index contributed by atoms with van der Waals surface area (Å²) in [5.41, 5.74) is 3.87. The normalized spacial score (nSPS) is 13.3. The second kappa shape index (κ2) is 9.77. The average Bonchev–Trinajstić information content (AvgIpc) is 3.18. The molecule has 0 fully saturated rings. The topological polar surface area (TPSA) is 94.6 Å². The van der Waals surface area contributed by atoms with Gasteiger partial charge in [-0.1, -0.05) is 0 Å². The molecule has 2 heterocycles. The Balaban J connectivity index is 1.42. The highest BCUT2D eigenvalue weighted by atomic mass is 16.5. The van der Waals surface area contributed by atoms with Gasteiger partial charge in [-0.05, 0) is 64.1 Å². The van der Waals surface area contributed by atoms with Gasteiger partial charge in [0.1, 0.15) is 36.9 Å². The Bertz CT molecular complexity index is 871. The fourth-order valence-electron chi connectivity index (χ4n) is 3.24. The SMILES string of the molecule is Cc1cc(C)n(CC(O)COc2ccc(OCC(O)Cn3nc(C)cc3C)cc2)n1. The van der Waals surface area contributed by atoms with Crippen molar-refractivity contribution >= 4 is 0 Å². The number of aliphatic hydroxyl groups excluding tert-OH is 2. The summed E-state index contributed by atoms with van der Waals surface area (Å²) < 4.78 is 14.9. The predicted molar refractivity (Wildman–Crippen MR) is 113 cm³/mol. The van der Waals surface area contributed by atoms with E-state index in [9.17, 15) is 10.2 Å². The minimum atomic E-state index is -0.663. The molecule has 162 valence electrons. The van der Waals surface area contributed by atoms with E-state index >= 15 is 0 Å². The molecule has 2 N–H and O–H groups in total. The van der Waals surface area contributed by atoms with E-state index in [0.29, 0.717) is 24.6 Å². The highest BCUT2D eigenvalue weighted by molar-refractivity contribution is 5.31. The minimum Gasteiger partial charge on any atom is -0.491 e. The van der Waals surface area contributed by atoms with Crippen LogP contribution in [0, 0.1) is 27.7 Å². The van der Waals surface area contributed by atoms with Crippen LogP contribution in [-0.4, -0.2) is 55.2 Å². The van der Waals surface area contributed by atoms with E-state index in [1.165, 1.54) is 0 Å². The number of aryl methyl sites for hydroxylation is 4. The molecule has 0 saturated carbocycles. The third kappa shape index (κ3) is 6.08. The maximum Gasteiger partial charge on any atom is 0.119 e. The van der Waals surface area contributed by atoms with Gasteiger partial charge in [0.15, 0.2) is 0 Å². The van der Waals surface area contributed by atoms with Gasteiger partial charge in [0, 0.05) is 11.4 Å².